The van der Waals surface area contributed by atoms with E-state index in [-0.39, 0.29) is 42.5 Å². The van der Waals surface area contributed by atoms with Crippen LogP contribution in [0.1, 0.15) is 12.0 Å². The minimum absolute atomic E-state index is 0.0312. The molecule has 0 radical (unpaired) electrons. The third-order valence-corrected chi connectivity index (χ3v) is 5.51. The second-order valence-corrected chi connectivity index (χ2v) is 8.12. The van der Waals surface area contributed by atoms with E-state index in [1.807, 2.05) is 30.3 Å². The first kappa shape index (κ1) is 18.4. The van der Waals surface area contributed by atoms with Gasteiger partial charge in [0.2, 0.25) is 11.8 Å². The van der Waals surface area contributed by atoms with Crippen molar-refractivity contribution in [2.24, 2.45) is 0 Å². The van der Waals surface area contributed by atoms with E-state index in [1.165, 1.54) is 11.9 Å². The molecule has 0 spiro atoms. The Morgan fingerprint density at radius 3 is 2.62 bits per heavy atom. The van der Waals surface area contributed by atoms with E-state index in [9.17, 15) is 18.0 Å². The third kappa shape index (κ3) is 5.93. The molecule has 0 aromatic heterocycles. The van der Waals surface area contributed by atoms with Crippen molar-refractivity contribution in [2.45, 2.75) is 19.1 Å². The number of sulfone groups is 1. The number of benzene rings is 1. The number of hydrogen-bond acceptors (Lipinski definition) is 5. The van der Waals surface area contributed by atoms with Crippen LogP contribution in [-0.2, 0) is 30.8 Å². The summed E-state index contributed by atoms with van der Waals surface area (Å²) < 4.78 is 28.1. The van der Waals surface area contributed by atoms with Gasteiger partial charge >= 0.3 is 0 Å². The normalized spacial score (nSPS) is 19.0. The fraction of sp³-hybridized carbons (Fsp3) is 0.500. The topological polar surface area (TPSA) is 92.8 Å². The van der Waals surface area contributed by atoms with Gasteiger partial charge in [0, 0.05) is 13.1 Å². The Morgan fingerprint density at radius 1 is 1.29 bits per heavy atom. The van der Waals surface area contributed by atoms with Crippen LogP contribution >= 0.6 is 0 Å². The lowest BCUT2D eigenvalue weighted by atomic mass is 10.2. The van der Waals surface area contributed by atoms with Gasteiger partial charge in [0.05, 0.1) is 24.7 Å². The largest absolute Gasteiger partial charge is 0.367 e. The van der Waals surface area contributed by atoms with E-state index in [0.29, 0.717) is 13.0 Å². The lowest BCUT2D eigenvalue weighted by molar-refractivity contribution is -0.139. The molecule has 0 bridgehead atoms. The van der Waals surface area contributed by atoms with Crippen LogP contribution in [0.5, 0.6) is 0 Å². The van der Waals surface area contributed by atoms with Gasteiger partial charge in [-0.2, -0.15) is 0 Å². The molecule has 1 atom stereocenters. The zero-order chi connectivity index (χ0) is 17.6. The van der Waals surface area contributed by atoms with Gasteiger partial charge in [-0.1, -0.05) is 30.3 Å². The number of ether oxygens (including phenoxy) is 1. The molecule has 1 fully saturated rings. The SMILES string of the molecule is CN(CC(=O)NC1CCS(=O)(=O)C1)C(=O)COCc1ccccc1. The number of nitrogens with zero attached hydrogens (tertiary/aromatic N) is 1. The van der Waals surface area contributed by atoms with Crippen molar-refractivity contribution >= 4 is 21.7 Å². The number of nitrogens with one attached hydrogen (secondary N) is 1. The molecule has 2 amide bonds. The fourth-order valence-corrected chi connectivity index (χ4v) is 4.10. The quantitative estimate of drug-likeness (QED) is 0.742. The minimum atomic E-state index is -3.04. The number of rotatable bonds is 7. The Morgan fingerprint density at radius 2 is 2.00 bits per heavy atom. The van der Waals surface area contributed by atoms with Crippen LogP contribution in [0.2, 0.25) is 0 Å². The van der Waals surface area contributed by atoms with Gasteiger partial charge in [-0.05, 0) is 12.0 Å². The van der Waals surface area contributed by atoms with Crippen molar-refractivity contribution in [1.29, 1.82) is 0 Å². The summed E-state index contributed by atoms with van der Waals surface area (Å²) in [4.78, 5) is 25.1. The molecule has 1 heterocycles. The number of hydrogen-bond donors (Lipinski definition) is 1. The van der Waals surface area contributed by atoms with Crippen LogP contribution < -0.4 is 5.32 Å². The van der Waals surface area contributed by atoms with Gasteiger partial charge in [0.15, 0.2) is 9.84 Å². The number of carbonyl (C=O) groups is 2. The smallest absolute Gasteiger partial charge is 0.248 e. The maximum Gasteiger partial charge on any atom is 0.248 e. The molecule has 0 saturated carbocycles. The molecule has 2 rings (SSSR count). The zero-order valence-electron chi connectivity index (χ0n) is 13.6. The summed E-state index contributed by atoms with van der Waals surface area (Å²) in [6.07, 6.45) is 0.423. The fourth-order valence-electron chi connectivity index (χ4n) is 2.43. The summed E-state index contributed by atoms with van der Waals surface area (Å²) in [5, 5.41) is 2.65. The van der Waals surface area contributed by atoms with Gasteiger partial charge in [-0.3, -0.25) is 9.59 Å². The van der Waals surface area contributed by atoms with Crippen molar-refractivity contribution in [2.75, 3.05) is 31.7 Å². The van der Waals surface area contributed by atoms with Gasteiger partial charge in [0.1, 0.15) is 6.61 Å². The highest BCUT2D eigenvalue weighted by Crippen LogP contribution is 2.11. The Hall–Kier alpha value is -1.93. The predicted molar refractivity (Wildman–Crippen MR) is 88.9 cm³/mol. The third-order valence-electron chi connectivity index (χ3n) is 3.74. The summed E-state index contributed by atoms with van der Waals surface area (Å²) in [6, 6.07) is 9.12. The van der Waals surface area contributed by atoms with Crippen LogP contribution in [0.4, 0.5) is 0 Å². The van der Waals surface area contributed by atoms with Crippen molar-refractivity contribution in [3.63, 3.8) is 0 Å². The van der Waals surface area contributed by atoms with Crippen LogP contribution in [-0.4, -0.2) is 62.9 Å². The number of likely N-dealkylation sites (N-methyl/N-ethyl adjacent to an activating group) is 1. The Balaban J connectivity index is 1.68. The minimum Gasteiger partial charge on any atom is -0.367 e. The van der Waals surface area contributed by atoms with Gasteiger partial charge in [-0.25, -0.2) is 8.42 Å². The summed E-state index contributed by atoms with van der Waals surface area (Å²) >= 11 is 0. The molecule has 8 heteroatoms. The molecule has 7 nitrogen and oxygen atoms in total. The van der Waals surface area contributed by atoms with E-state index < -0.39 is 9.84 Å². The molecule has 1 unspecified atom stereocenters. The summed E-state index contributed by atoms with van der Waals surface area (Å²) in [5.41, 5.74) is 0.966. The molecule has 1 saturated heterocycles. The molecule has 1 aromatic rings. The lowest BCUT2D eigenvalue weighted by Gasteiger charge is -2.18. The van der Waals surface area contributed by atoms with E-state index in [4.69, 9.17) is 4.74 Å². The van der Waals surface area contributed by atoms with Crippen molar-refractivity contribution in [3.8, 4) is 0 Å². The van der Waals surface area contributed by atoms with E-state index in [1.54, 1.807) is 0 Å². The zero-order valence-corrected chi connectivity index (χ0v) is 14.4. The average Bonchev–Trinajstić information content (AvgIpc) is 2.86. The van der Waals surface area contributed by atoms with Gasteiger partial charge < -0.3 is 15.0 Å². The molecule has 1 aliphatic rings. The van der Waals surface area contributed by atoms with Crippen LogP contribution in [0.3, 0.4) is 0 Å². The average molecular weight is 354 g/mol. The van der Waals surface area contributed by atoms with Crippen molar-refractivity contribution < 1.29 is 22.7 Å². The highest BCUT2D eigenvalue weighted by Gasteiger charge is 2.29. The second kappa shape index (κ2) is 8.25. The Labute approximate surface area is 141 Å². The Bertz CT molecular complexity index is 675. The number of amides is 2. The Kier molecular flexibility index (Phi) is 6.33. The first-order valence-corrected chi connectivity index (χ1v) is 9.53. The van der Waals surface area contributed by atoms with Crippen LogP contribution in [0, 0.1) is 0 Å². The van der Waals surface area contributed by atoms with Crippen LogP contribution in [0.15, 0.2) is 30.3 Å². The first-order valence-electron chi connectivity index (χ1n) is 7.71. The second-order valence-electron chi connectivity index (χ2n) is 5.90. The monoisotopic (exact) mass is 354 g/mol. The molecule has 1 N–H and O–H groups in total. The standard InChI is InChI=1S/C16H22N2O5S/c1-18(9-15(19)17-14-7-8-24(21,22)12-14)16(20)11-23-10-13-5-3-2-4-6-13/h2-6,14H,7-12H2,1H3,(H,17,19). The first-order chi connectivity index (χ1) is 11.4. The molecule has 24 heavy (non-hydrogen) atoms. The van der Waals surface area contributed by atoms with E-state index in [0.717, 1.165) is 5.56 Å². The highest BCUT2D eigenvalue weighted by molar-refractivity contribution is 7.91. The summed E-state index contributed by atoms with van der Waals surface area (Å²) in [6.45, 7) is 0.0904. The maximum absolute atomic E-state index is 11.9. The number of carbonyl (C=O) groups excluding carboxylic acids is 2. The van der Waals surface area contributed by atoms with E-state index in [2.05, 4.69) is 5.32 Å². The molecular formula is C16H22N2O5S. The molecular weight excluding hydrogens is 332 g/mol. The maximum atomic E-state index is 11.9. The molecule has 0 aliphatic carbocycles. The van der Waals surface area contributed by atoms with Crippen LogP contribution in [0.25, 0.3) is 0 Å². The van der Waals surface area contributed by atoms with Gasteiger partial charge in [-0.15, -0.1) is 0 Å². The molecule has 1 aliphatic heterocycles. The lowest BCUT2D eigenvalue weighted by Crippen LogP contribution is -2.44. The van der Waals surface area contributed by atoms with Gasteiger partial charge in [0.25, 0.3) is 0 Å². The predicted octanol–water partition coefficient (Wildman–Crippen LogP) is -0.0351. The summed E-state index contributed by atoms with van der Waals surface area (Å²) in [7, 11) is -1.53. The summed E-state index contributed by atoms with van der Waals surface area (Å²) in [5.74, 6) is -0.604. The van der Waals surface area contributed by atoms with Crippen molar-refractivity contribution in [1.82, 2.24) is 10.2 Å². The van der Waals surface area contributed by atoms with Crippen molar-refractivity contribution in [3.05, 3.63) is 35.9 Å². The molecule has 1 aromatic carbocycles. The highest BCUT2D eigenvalue weighted by atomic mass is 32.2. The molecule has 132 valence electrons. The van der Waals surface area contributed by atoms with E-state index >= 15 is 0 Å².